The van der Waals surface area contributed by atoms with Crippen LogP contribution in [0.5, 0.6) is 0 Å². The summed E-state index contributed by atoms with van der Waals surface area (Å²) in [6, 6.07) is 8.31. The van der Waals surface area contributed by atoms with Gasteiger partial charge in [-0.25, -0.2) is 4.68 Å². The van der Waals surface area contributed by atoms with E-state index >= 15 is 0 Å². The normalized spacial score (nSPS) is 10.7. The lowest BCUT2D eigenvalue weighted by molar-refractivity contribution is 0.807. The summed E-state index contributed by atoms with van der Waals surface area (Å²) >= 11 is 0. The number of rotatable bonds is 6. The van der Waals surface area contributed by atoms with Crippen molar-refractivity contribution >= 4 is 5.69 Å². The van der Waals surface area contributed by atoms with Crippen molar-refractivity contribution in [2.24, 2.45) is 5.73 Å². The molecule has 4 heteroatoms. The van der Waals surface area contributed by atoms with E-state index in [0.717, 1.165) is 30.8 Å². The quantitative estimate of drug-likeness (QED) is 0.783. The van der Waals surface area contributed by atoms with Crippen LogP contribution in [0.15, 0.2) is 30.5 Å². The Hall–Kier alpha value is -1.81. The van der Waals surface area contributed by atoms with Gasteiger partial charge in [0.1, 0.15) is 0 Å². The van der Waals surface area contributed by atoms with Crippen LogP contribution in [-0.2, 0) is 6.42 Å². The number of benzene rings is 1. The Morgan fingerprint density at radius 2 is 2.11 bits per heavy atom. The van der Waals surface area contributed by atoms with E-state index in [2.05, 4.69) is 36.4 Å². The molecule has 0 unspecified atom stereocenters. The Bertz CT molecular complexity index is 531. The van der Waals surface area contributed by atoms with E-state index in [0.29, 0.717) is 6.54 Å². The van der Waals surface area contributed by atoms with Gasteiger partial charge in [-0.05, 0) is 37.9 Å². The first-order chi connectivity index (χ1) is 9.27. The topological polar surface area (TPSA) is 55.9 Å². The molecule has 0 radical (unpaired) electrons. The highest BCUT2D eigenvalue weighted by Crippen LogP contribution is 2.21. The highest BCUT2D eigenvalue weighted by Gasteiger charge is 2.11. The molecular formula is C15H22N4. The van der Waals surface area contributed by atoms with Crippen molar-refractivity contribution in [2.75, 3.05) is 18.4 Å². The van der Waals surface area contributed by atoms with Gasteiger partial charge in [0.25, 0.3) is 0 Å². The zero-order valence-corrected chi connectivity index (χ0v) is 11.7. The third-order valence-electron chi connectivity index (χ3n) is 3.24. The maximum atomic E-state index is 5.52. The van der Waals surface area contributed by atoms with Gasteiger partial charge in [0.15, 0.2) is 0 Å². The molecular weight excluding hydrogens is 236 g/mol. The Labute approximate surface area is 114 Å². The molecule has 0 spiro atoms. The Morgan fingerprint density at radius 3 is 2.79 bits per heavy atom. The predicted octanol–water partition coefficient (Wildman–Crippen LogP) is 2.50. The van der Waals surface area contributed by atoms with Crippen molar-refractivity contribution in [3.63, 3.8) is 0 Å². The van der Waals surface area contributed by atoms with Crippen LogP contribution in [0.1, 0.15) is 24.6 Å². The Balaban J connectivity index is 2.29. The zero-order valence-electron chi connectivity index (χ0n) is 11.7. The zero-order chi connectivity index (χ0) is 13.7. The van der Waals surface area contributed by atoms with Gasteiger partial charge in [0.2, 0.25) is 0 Å². The van der Waals surface area contributed by atoms with E-state index in [1.165, 1.54) is 11.3 Å². The van der Waals surface area contributed by atoms with Gasteiger partial charge in [0.05, 0.1) is 23.3 Å². The summed E-state index contributed by atoms with van der Waals surface area (Å²) in [6.45, 7) is 5.86. The molecule has 0 fully saturated rings. The molecule has 1 heterocycles. The minimum absolute atomic E-state index is 0.709. The highest BCUT2D eigenvalue weighted by molar-refractivity contribution is 5.51. The molecule has 102 valence electrons. The minimum Gasteiger partial charge on any atom is -0.382 e. The van der Waals surface area contributed by atoms with Crippen LogP contribution in [0.25, 0.3) is 5.69 Å². The SMILES string of the molecule is CCc1c(NCCCN)cnn1-c1ccccc1C. The number of nitrogens with one attached hydrogen (secondary N) is 1. The van der Waals surface area contributed by atoms with Crippen LogP contribution in [-0.4, -0.2) is 22.9 Å². The fourth-order valence-electron chi connectivity index (χ4n) is 2.20. The molecule has 0 bridgehead atoms. The molecule has 0 aliphatic heterocycles. The molecule has 2 rings (SSSR count). The highest BCUT2D eigenvalue weighted by atomic mass is 15.3. The van der Waals surface area contributed by atoms with E-state index < -0.39 is 0 Å². The van der Waals surface area contributed by atoms with Gasteiger partial charge >= 0.3 is 0 Å². The van der Waals surface area contributed by atoms with E-state index in [9.17, 15) is 0 Å². The number of aryl methyl sites for hydroxylation is 1. The summed E-state index contributed by atoms with van der Waals surface area (Å²) in [7, 11) is 0. The molecule has 4 nitrogen and oxygen atoms in total. The van der Waals surface area contributed by atoms with E-state index in [1.807, 2.05) is 23.0 Å². The van der Waals surface area contributed by atoms with Crippen molar-refractivity contribution in [3.05, 3.63) is 41.7 Å². The van der Waals surface area contributed by atoms with Gasteiger partial charge in [-0.1, -0.05) is 25.1 Å². The molecule has 0 aliphatic carbocycles. The number of nitrogens with zero attached hydrogens (tertiary/aromatic N) is 2. The van der Waals surface area contributed by atoms with Crippen molar-refractivity contribution in [1.29, 1.82) is 0 Å². The van der Waals surface area contributed by atoms with Crippen LogP contribution in [0.2, 0.25) is 0 Å². The Morgan fingerprint density at radius 1 is 1.32 bits per heavy atom. The maximum absolute atomic E-state index is 5.52. The van der Waals surface area contributed by atoms with Gasteiger partial charge in [0, 0.05) is 6.54 Å². The molecule has 0 saturated heterocycles. The second kappa shape index (κ2) is 6.38. The number of anilines is 1. The van der Waals surface area contributed by atoms with Crippen molar-refractivity contribution in [2.45, 2.75) is 26.7 Å². The van der Waals surface area contributed by atoms with E-state index in [4.69, 9.17) is 5.73 Å². The number of hydrogen-bond acceptors (Lipinski definition) is 3. The maximum Gasteiger partial charge on any atom is 0.0763 e. The molecule has 0 amide bonds. The number of nitrogens with two attached hydrogens (primary N) is 1. The third kappa shape index (κ3) is 2.96. The molecule has 3 N–H and O–H groups in total. The van der Waals surface area contributed by atoms with Gasteiger partial charge < -0.3 is 11.1 Å². The first-order valence-electron chi connectivity index (χ1n) is 6.84. The lowest BCUT2D eigenvalue weighted by Crippen LogP contribution is -2.10. The third-order valence-corrected chi connectivity index (χ3v) is 3.24. The Kier molecular flexibility index (Phi) is 4.58. The molecule has 1 aromatic heterocycles. The van der Waals surface area contributed by atoms with E-state index in [-0.39, 0.29) is 0 Å². The summed E-state index contributed by atoms with van der Waals surface area (Å²) in [5.74, 6) is 0. The van der Waals surface area contributed by atoms with Crippen LogP contribution in [0.4, 0.5) is 5.69 Å². The van der Waals surface area contributed by atoms with Crippen LogP contribution in [0, 0.1) is 6.92 Å². The smallest absolute Gasteiger partial charge is 0.0763 e. The van der Waals surface area contributed by atoms with Crippen molar-refractivity contribution < 1.29 is 0 Å². The average molecular weight is 258 g/mol. The second-order valence-corrected chi connectivity index (χ2v) is 4.63. The lowest BCUT2D eigenvalue weighted by atomic mass is 10.2. The van der Waals surface area contributed by atoms with E-state index in [1.54, 1.807) is 0 Å². The summed E-state index contributed by atoms with van der Waals surface area (Å²) in [4.78, 5) is 0. The number of hydrogen-bond donors (Lipinski definition) is 2. The molecule has 0 saturated carbocycles. The standard InChI is InChI=1S/C15H22N4/c1-3-14-13(17-10-6-9-16)11-18-19(14)15-8-5-4-7-12(15)2/h4-5,7-8,11,17H,3,6,9-10,16H2,1-2H3. The largest absolute Gasteiger partial charge is 0.382 e. The summed E-state index contributed by atoms with van der Waals surface area (Å²) < 4.78 is 2.03. The van der Waals surface area contributed by atoms with Crippen LogP contribution in [0.3, 0.4) is 0 Å². The number of aromatic nitrogens is 2. The van der Waals surface area contributed by atoms with Gasteiger partial charge in [-0.3, -0.25) is 0 Å². The summed E-state index contributed by atoms with van der Waals surface area (Å²) in [5.41, 5.74) is 10.2. The van der Waals surface area contributed by atoms with Gasteiger partial charge in [-0.2, -0.15) is 5.10 Å². The van der Waals surface area contributed by atoms with Crippen LogP contribution >= 0.6 is 0 Å². The lowest BCUT2D eigenvalue weighted by Gasteiger charge is -2.11. The fourth-order valence-corrected chi connectivity index (χ4v) is 2.20. The van der Waals surface area contributed by atoms with Crippen molar-refractivity contribution in [3.8, 4) is 5.69 Å². The van der Waals surface area contributed by atoms with Gasteiger partial charge in [-0.15, -0.1) is 0 Å². The molecule has 1 aromatic carbocycles. The first-order valence-corrected chi connectivity index (χ1v) is 6.84. The van der Waals surface area contributed by atoms with Crippen molar-refractivity contribution in [1.82, 2.24) is 9.78 Å². The molecule has 0 aliphatic rings. The first kappa shape index (κ1) is 13.6. The summed E-state index contributed by atoms with van der Waals surface area (Å²) in [5, 5.41) is 7.93. The summed E-state index contributed by atoms with van der Waals surface area (Å²) in [6.07, 6.45) is 3.82. The second-order valence-electron chi connectivity index (χ2n) is 4.63. The predicted molar refractivity (Wildman–Crippen MR) is 79.8 cm³/mol. The minimum atomic E-state index is 0.709. The average Bonchev–Trinajstić information content (AvgIpc) is 2.82. The fraction of sp³-hybridized carbons (Fsp3) is 0.400. The van der Waals surface area contributed by atoms with Crippen LogP contribution < -0.4 is 11.1 Å². The molecule has 2 aromatic rings. The molecule has 19 heavy (non-hydrogen) atoms. The monoisotopic (exact) mass is 258 g/mol. The number of para-hydroxylation sites is 1. The molecule has 0 atom stereocenters.